The molecule has 0 radical (unpaired) electrons. The van der Waals surface area contributed by atoms with Crippen molar-refractivity contribution in [3.63, 3.8) is 0 Å². The fourth-order valence-electron chi connectivity index (χ4n) is 3.30. The Balaban J connectivity index is 2.13. The maximum Gasteiger partial charge on any atom is 0.280 e. The number of rotatable bonds is 4. The fraction of sp³-hybridized carbons (Fsp3) is 0.929. The van der Waals surface area contributed by atoms with Gasteiger partial charge in [-0.1, -0.05) is 32.6 Å². The average Bonchev–Trinajstić information content (AvgIpc) is 2.65. The molecule has 1 aliphatic heterocycles. The third-order valence-electron chi connectivity index (χ3n) is 4.88. The fourth-order valence-corrected chi connectivity index (χ4v) is 4.92. The van der Waals surface area contributed by atoms with Crippen LogP contribution >= 0.6 is 0 Å². The molecule has 2 aliphatic rings. The lowest BCUT2D eigenvalue weighted by Crippen LogP contribution is -2.60. The van der Waals surface area contributed by atoms with E-state index in [0.29, 0.717) is 31.8 Å². The zero-order valence-corrected chi connectivity index (χ0v) is 13.7. The first-order chi connectivity index (χ1) is 9.86. The van der Waals surface area contributed by atoms with Gasteiger partial charge in [0.05, 0.1) is 5.54 Å². The predicted molar refractivity (Wildman–Crippen MR) is 84.4 cm³/mol. The van der Waals surface area contributed by atoms with Crippen molar-refractivity contribution in [2.24, 2.45) is 11.7 Å². The summed E-state index contributed by atoms with van der Waals surface area (Å²) in [6, 6.07) is 0. The third kappa shape index (κ3) is 3.96. The molecule has 2 rings (SSSR count). The summed E-state index contributed by atoms with van der Waals surface area (Å²) in [5.41, 5.74) is 4.89. The molecule has 0 unspecified atom stereocenters. The maximum absolute atomic E-state index is 12.6. The number of hydrogen-bond acceptors (Lipinski definition) is 3. The van der Waals surface area contributed by atoms with Crippen LogP contribution in [0.4, 0.5) is 0 Å². The van der Waals surface area contributed by atoms with Crippen molar-refractivity contribution in [2.45, 2.75) is 63.8 Å². The van der Waals surface area contributed by atoms with Crippen molar-refractivity contribution in [1.29, 1.82) is 5.41 Å². The standard InChI is InChI=1S/C14H28N4O2S/c1-12-6-10-18(11-7-12)21(19,20)17-14(13(15)16)8-4-2-3-5-9-14/h12,17H,2-11H2,1H3,(H3,15,16). The zero-order valence-electron chi connectivity index (χ0n) is 12.9. The first-order valence-corrected chi connectivity index (χ1v) is 9.43. The second-order valence-corrected chi connectivity index (χ2v) is 8.27. The Morgan fingerprint density at radius 2 is 1.71 bits per heavy atom. The second-order valence-electron chi connectivity index (χ2n) is 6.60. The van der Waals surface area contributed by atoms with Crippen LogP contribution in [-0.4, -0.2) is 37.2 Å². The van der Waals surface area contributed by atoms with E-state index >= 15 is 0 Å². The molecule has 0 atom stereocenters. The highest BCUT2D eigenvalue weighted by Gasteiger charge is 2.40. The van der Waals surface area contributed by atoms with Crippen LogP contribution in [0.2, 0.25) is 0 Å². The molecule has 1 aliphatic carbocycles. The topological polar surface area (TPSA) is 99.3 Å². The van der Waals surface area contributed by atoms with Crippen molar-refractivity contribution >= 4 is 16.0 Å². The molecule has 2 fully saturated rings. The van der Waals surface area contributed by atoms with Crippen molar-refractivity contribution in [3.8, 4) is 0 Å². The van der Waals surface area contributed by atoms with Gasteiger partial charge in [0.25, 0.3) is 10.2 Å². The van der Waals surface area contributed by atoms with Gasteiger partial charge in [-0.05, 0) is 31.6 Å². The molecular weight excluding hydrogens is 288 g/mol. The minimum absolute atomic E-state index is 0.0432. The quantitative estimate of drug-likeness (QED) is 0.417. The van der Waals surface area contributed by atoms with Gasteiger partial charge in [0.15, 0.2) is 0 Å². The minimum Gasteiger partial charge on any atom is -0.386 e. The van der Waals surface area contributed by atoms with Crippen molar-refractivity contribution < 1.29 is 8.42 Å². The van der Waals surface area contributed by atoms with Crippen LogP contribution in [-0.2, 0) is 10.2 Å². The van der Waals surface area contributed by atoms with Gasteiger partial charge >= 0.3 is 0 Å². The Bertz CT molecular complexity index is 461. The van der Waals surface area contributed by atoms with Gasteiger partial charge in [-0.3, -0.25) is 5.41 Å². The van der Waals surface area contributed by atoms with E-state index < -0.39 is 15.7 Å². The summed E-state index contributed by atoms with van der Waals surface area (Å²) >= 11 is 0. The molecule has 1 saturated carbocycles. The van der Waals surface area contributed by atoms with E-state index in [9.17, 15) is 8.42 Å². The van der Waals surface area contributed by atoms with Gasteiger partial charge in [0.1, 0.15) is 5.84 Å². The van der Waals surface area contributed by atoms with Crippen LogP contribution in [0.25, 0.3) is 0 Å². The maximum atomic E-state index is 12.6. The number of nitrogens with two attached hydrogens (primary N) is 1. The third-order valence-corrected chi connectivity index (χ3v) is 6.57. The molecule has 0 bridgehead atoms. The number of nitrogens with zero attached hydrogens (tertiary/aromatic N) is 1. The summed E-state index contributed by atoms with van der Waals surface area (Å²) in [6.45, 7) is 3.27. The monoisotopic (exact) mass is 316 g/mol. The predicted octanol–water partition coefficient (Wildman–Crippen LogP) is 1.58. The average molecular weight is 316 g/mol. The minimum atomic E-state index is -3.56. The van der Waals surface area contributed by atoms with E-state index in [-0.39, 0.29) is 5.84 Å². The Labute approximate surface area is 128 Å². The Kier molecular flexibility index (Phi) is 5.27. The van der Waals surface area contributed by atoms with Gasteiger partial charge in [-0.15, -0.1) is 0 Å². The van der Waals surface area contributed by atoms with E-state index in [1.807, 2.05) is 0 Å². The number of nitrogens with one attached hydrogen (secondary N) is 2. The number of amidine groups is 1. The van der Waals surface area contributed by atoms with Gasteiger partial charge in [0, 0.05) is 13.1 Å². The van der Waals surface area contributed by atoms with E-state index in [1.165, 1.54) is 4.31 Å². The van der Waals surface area contributed by atoms with Crippen LogP contribution < -0.4 is 10.5 Å². The first-order valence-electron chi connectivity index (χ1n) is 7.99. The first kappa shape index (κ1) is 16.7. The van der Waals surface area contributed by atoms with Gasteiger partial charge < -0.3 is 5.73 Å². The van der Waals surface area contributed by atoms with E-state index in [1.54, 1.807) is 0 Å². The molecule has 7 heteroatoms. The van der Waals surface area contributed by atoms with Gasteiger partial charge in [0.2, 0.25) is 0 Å². The highest BCUT2D eigenvalue weighted by atomic mass is 32.2. The van der Waals surface area contributed by atoms with E-state index in [2.05, 4.69) is 11.6 Å². The SMILES string of the molecule is CC1CCN(S(=O)(=O)NC2(C(=N)N)CCCCCC2)CC1. The molecule has 0 aromatic carbocycles. The molecule has 1 saturated heterocycles. The molecule has 1 heterocycles. The molecule has 21 heavy (non-hydrogen) atoms. The molecular formula is C14H28N4O2S. The van der Waals surface area contributed by atoms with E-state index in [0.717, 1.165) is 38.5 Å². The van der Waals surface area contributed by atoms with Crippen molar-refractivity contribution in [2.75, 3.05) is 13.1 Å². The summed E-state index contributed by atoms with van der Waals surface area (Å²) in [6.07, 6.45) is 7.05. The van der Waals surface area contributed by atoms with Gasteiger partial charge in [-0.2, -0.15) is 17.4 Å². The summed E-state index contributed by atoms with van der Waals surface area (Å²) in [4.78, 5) is 0. The lowest BCUT2D eigenvalue weighted by atomic mass is 9.90. The highest BCUT2D eigenvalue weighted by Crippen LogP contribution is 2.29. The summed E-state index contributed by atoms with van der Waals surface area (Å²) in [5, 5.41) is 7.89. The normalized spacial score (nSPS) is 25.4. The lowest BCUT2D eigenvalue weighted by molar-refractivity contribution is 0.279. The van der Waals surface area contributed by atoms with Crippen LogP contribution in [0.3, 0.4) is 0 Å². The Morgan fingerprint density at radius 1 is 1.19 bits per heavy atom. The van der Waals surface area contributed by atoms with E-state index in [4.69, 9.17) is 11.1 Å². The summed E-state index contributed by atoms with van der Waals surface area (Å²) in [7, 11) is -3.56. The molecule has 6 nitrogen and oxygen atoms in total. The smallest absolute Gasteiger partial charge is 0.280 e. The lowest BCUT2D eigenvalue weighted by Gasteiger charge is -2.36. The van der Waals surface area contributed by atoms with Crippen LogP contribution in [0.15, 0.2) is 0 Å². The molecule has 4 N–H and O–H groups in total. The number of piperidine rings is 1. The summed E-state index contributed by atoms with van der Waals surface area (Å²) < 4.78 is 29.6. The van der Waals surface area contributed by atoms with Crippen molar-refractivity contribution in [3.05, 3.63) is 0 Å². The second kappa shape index (κ2) is 6.62. The molecule has 0 aromatic rings. The van der Waals surface area contributed by atoms with Crippen LogP contribution in [0, 0.1) is 11.3 Å². The van der Waals surface area contributed by atoms with Crippen LogP contribution in [0.1, 0.15) is 58.3 Å². The molecule has 0 amide bonds. The largest absolute Gasteiger partial charge is 0.386 e. The van der Waals surface area contributed by atoms with Crippen LogP contribution in [0.5, 0.6) is 0 Å². The highest BCUT2D eigenvalue weighted by molar-refractivity contribution is 7.87. The number of hydrogen-bond donors (Lipinski definition) is 3. The Morgan fingerprint density at radius 3 is 2.19 bits per heavy atom. The molecule has 0 aromatic heterocycles. The molecule has 0 spiro atoms. The van der Waals surface area contributed by atoms with Crippen molar-refractivity contribution in [1.82, 2.24) is 9.03 Å². The zero-order chi connectivity index (χ0) is 15.5. The Hall–Kier alpha value is -0.660. The molecule has 122 valence electrons. The summed E-state index contributed by atoms with van der Waals surface area (Å²) in [5.74, 6) is 0.537. The van der Waals surface area contributed by atoms with Gasteiger partial charge in [-0.25, -0.2) is 0 Å².